The Morgan fingerprint density at radius 2 is 2.21 bits per heavy atom. The van der Waals surface area contributed by atoms with Crippen LogP contribution in [0.1, 0.15) is 10.4 Å². The highest BCUT2D eigenvalue weighted by atomic mass is 32.1. The maximum Gasteiger partial charge on any atom is 0.255 e. The SMILES string of the molecule is COCC(O)CN(C)C(=O)c1csc2ccccc12. The van der Waals surface area contributed by atoms with Gasteiger partial charge in [-0.3, -0.25) is 4.79 Å². The minimum atomic E-state index is -0.663. The molecule has 1 amide bonds. The van der Waals surface area contributed by atoms with Crippen molar-refractivity contribution in [3.63, 3.8) is 0 Å². The van der Waals surface area contributed by atoms with Gasteiger partial charge in [-0.05, 0) is 6.07 Å². The molecular formula is C14H17NO3S. The lowest BCUT2D eigenvalue weighted by atomic mass is 10.1. The van der Waals surface area contributed by atoms with Crippen molar-refractivity contribution in [3.8, 4) is 0 Å². The molecule has 1 aromatic heterocycles. The van der Waals surface area contributed by atoms with Gasteiger partial charge < -0.3 is 14.7 Å². The number of fused-ring (bicyclic) bond motifs is 1. The maximum absolute atomic E-state index is 12.3. The Morgan fingerprint density at radius 1 is 1.47 bits per heavy atom. The van der Waals surface area contributed by atoms with Crippen molar-refractivity contribution >= 4 is 27.3 Å². The highest BCUT2D eigenvalue weighted by Crippen LogP contribution is 2.26. The fourth-order valence-corrected chi connectivity index (χ4v) is 2.93. The third-order valence-corrected chi connectivity index (χ3v) is 3.87. The summed E-state index contributed by atoms with van der Waals surface area (Å²) in [6, 6.07) is 7.82. The molecule has 1 unspecified atom stereocenters. The number of aliphatic hydroxyl groups excluding tert-OH is 1. The van der Waals surface area contributed by atoms with E-state index in [0.717, 1.165) is 10.1 Å². The summed E-state index contributed by atoms with van der Waals surface area (Å²) in [5, 5.41) is 12.5. The fraction of sp³-hybridized carbons (Fsp3) is 0.357. The number of hydrogen-bond donors (Lipinski definition) is 1. The van der Waals surface area contributed by atoms with E-state index in [9.17, 15) is 9.90 Å². The number of nitrogens with zero attached hydrogens (tertiary/aromatic N) is 1. The second-order valence-corrected chi connectivity index (χ2v) is 5.35. The summed E-state index contributed by atoms with van der Waals surface area (Å²) in [4.78, 5) is 13.9. The first-order valence-corrected chi connectivity index (χ1v) is 6.90. The fourth-order valence-electron chi connectivity index (χ4n) is 1.99. The van der Waals surface area contributed by atoms with Crippen molar-refractivity contribution in [1.29, 1.82) is 0 Å². The van der Waals surface area contributed by atoms with Crippen LogP contribution in [0.25, 0.3) is 10.1 Å². The number of carbonyl (C=O) groups excluding carboxylic acids is 1. The molecule has 102 valence electrons. The molecule has 0 saturated heterocycles. The molecule has 19 heavy (non-hydrogen) atoms. The summed E-state index contributed by atoms with van der Waals surface area (Å²) in [5.74, 6) is -0.0763. The van der Waals surface area contributed by atoms with Crippen LogP contribution >= 0.6 is 11.3 Å². The summed E-state index contributed by atoms with van der Waals surface area (Å²) in [6.45, 7) is 0.485. The monoisotopic (exact) mass is 279 g/mol. The zero-order valence-corrected chi connectivity index (χ0v) is 11.8. The number of thiophene rings is 1. The summed E-state index contributed by atoms with van der Waals surface area (Å²) in [5.41, 5.74) is 0.688. The molecule has 2 aromatic rings. The topological polar surface area (TPSA) is 49.8 Å². The lowest BCUT2D eigenvalue weighted by molar-refractivity contribution is 0.0381. The van der Waals surface area contributed by atoms with Gasteiger partial charge in [0.15, 0.2) is 0 Å². The van der Waals surface area contributed by atoms with Crippen molar-refractivity contribution in [2.24, 2.45) is 0 Å². The van der Waals surface area contributed by atoms with E-state index in [1.165, 1.54) is 12.0 Å². The number of rotatable bonds is 5. The number of methoxy groups -OCH3 is 1. The Morgan fingerprint density at radius 3 is 2.95 bits per heavy atom. The van der Waals surface area contributed by atoms with Gasteiger partial charge >= 0.3 is 0 Å². The molecular weight excluding hydrogens is 262 g/mol. The number of aliphatic hydroxyl groups is 1. The number of benzene rings is 1. The average Bonchev–Trinajstić information content (AvgIpc) is 2.81. The van der Waals surface area contributed by atoms with E-state index in [1.807, 2.05) is 29.6 Å². The third kappa shape index (κ3) is 3.12. The molecule has 5 heteroatoms. The molecule has 0 aliphatic heterocycles. The molecule has 0 fully saturated rings. The van der Waals surface area contributed by atoms with Gasteiger partial charge in [-0.1, -0.05) is 18.2 Å². The minimum Gasteiger partial charge on any atom is -0.389 e. The smallest absolute Gasteiger partial charge is 0.255 e. The molecule has 1 heterocycles. The number of ether oxygens (including phenoxy) is 1. The number of carbonyl (C=O) groups is 1. The summed E-state index contributed by atoms with van der Waals surface area (Å²) < 4.78 is 5.95. The van der Waals surface area contributed by atoms with Crippen molar-refractivity contribution in [1.82, 2.24) is 4.90 Å². The van der Waals surface area contributed by atoms with Gasteiger partial charge in [0, 0.05) is 36.2 Å². The van der Waals surface area contributed by atoms with Crippen LogP contribution in [0.3, 0.4) is 0 Å². The molecule has 2 rings (SSSR count). The zero-order valence-electron chi connectivity index (χ0n) is 11.0. The van der Waals surface area contributed by atoms with Crippen LogP contribution in [0.4, 0.5) is 0 Å². The number of hydrogen-bond acceptors (Lipinski definition) is 4. The van der Waals surface area contributed by atoms with Crippen LogP contribution < -0.4 is 0 Å². The van der Waals surface area contributed by atoms with Gasteiger partial charge in [0.25, 0.3) is 5.91 Å². The Bertz CT molecular complexity index is 567. The van der Waals surface area contributed by atoms with Gasteiger partial charge in [-0.15, -0.1) is 11.3 Å². The van der Waals surface area contributed by atoms with Crippen LogP contribution in [0.2, 0.25) is 0 Å². The standard InChI is InChI=1S/C14H17NO3S/c1-15(7-10(16)8-18-2)14(17)12-9-19-13-6-4-3-5-11(12)13/h3-6,9-10,16H,7-8H2,1-2H3. The molecule has 0 aliphatic carbocycles. The van der Waals surface area contributed by atoms with Gasteiger partial charge in [-0.25, -0.2) is 0 Å². The largest absolute Gasteiger partial charge is 0.389 e. The van der Waals surface area contributed by atoms with Crippen LogP contribution in [-0.2, 0) is 4.74 Å². The van der Waals surface area contributed by atoms with E-state index in [4.69, 9.17) is 4.74 Å². The average molecular weight is 279 g/mol. The van der Waals surface area contributed by atoms with Gasteiger partial charge in [0.2, 0.25) is 0 Å². The third-order valence-electron chi connectivity index (χ3n) is 2.90. The first-order chi connectivity index (χ1) is 9.13. The van der Waals surface area contributed by atoms with Crippen molar-refractivity contribution in [3.05, 3.63) is 35.2 Å². The van der Waals surface area contributed by atoms with E-state index in [1.54, 1.807) is 18.4 Å². The van der Waals surface area contributed by atoms with E-state index in [-0.39, 0.29) is 19.1 Å². The summed E-state index contributed by atoms with van der Waals surface area (Å²) in [7, 11) is 3.21. The second-order valence-electron chi connectivity index (χ2n) is 4.44. The molecule has 0 bridgehead atoms. The lowest BCUT2D eigenvalue weighted by Gasteiger charge is -2.20. The molecule has 0 spiro atoms. The van der Waals surface area contributed by atoms with E-state index < -0.39 is 6.10 Å². The Kier molecular flexibility index (Phi) is 4.52. The van der Waals surface area contributed by atoms with E-state index >= 15 is 0 Å². The predicted molar refractivity (Wildman–Crippen MR) is 76.7 cm³/mol. The molecule has 0 radical (unpaired) electrons. The number of amides is 1. The van der Waals surface area contributed by atoms with Gasteiger partial charge in [0.05, 0.1) is 18.3 Å². The maximum atomic E-state index is 12.3. The highest BCUT2D eigenvalue weighted by Gasteiger charge is 2.18. The van der Waals surface area contributed by atoms with Crippen LogP contribution in [0.15, 0.2) is 29.6 Å². The molecule has 1 aromatic carbocycles. The van der Waals surface area contributed by atoms with Crippen LogP contribution in [0, 0.1) is 0 Å². The van der Waals surface area contributed by atoms with Crippen LogP contribution in [0.5, 0.6) is 0 Å². The molecule has 1 atom stereocenters. The highest BCUT2D eigenvalue weighted by molar-refractivity contribution is 7.17. The normalized spacial score (nSPS) is 12.6. The molecule has 1 N–H and O–H groups in total. The minimum absolute atomic E-state index is 0.0763. The van der Waals surface area contributed by atoms with Gasteiger partial charge in [-0.2, -0.15) is 0 Å². The zero-order chi connectivity index (χ0) is 13.8. The van der Waals surface area contributed by atoms with Crippen molar-refractivity contribution in [2.45, 2.75) is 6.10 Å². The quantitative estimate of drug-likeness (QED) is 0.910. The Balaban J connectivity index is 2.15. The summed E-state index contributed by atoms with van der Waals surface area (Å²) >= 11 is 1.55. The first kappa shape index (κ1) is 14.0. The predicted octanol–water partition coefficient (Wildman–Crippen LogP) is 1.98. The molecule has 0 saturated carbocycles. The van der Waals surface area contributed by atoms with E-state index in [2.05, 4.69) is 0 Å². The van der Waals surface area contributed by atoms with Crippen molar-refractivity contribution < 1.29 is 14.6 Å². The van der Waals surface area contributed by atoms with Crippen LogP contribution in [-0.4, -0.2) is 49.3 Å². The van der Waals surface area contributed by atoms with Gasteiger partial charge in [0.1, 0.15) is 0 Å². The first-order valence-electron chi connectivity index (χ1n) is 6.02. The molecule has 4 nitrogen and oxygen atoms in total. The second kappa shape index (κ2) is 6.14. The van der Waals surface area contributed by atoms with E-state index in [0.29, 0.717) is 5.56 Å². The molecule has 0 aliphatic rings. The Labute approximate surface area is 116 Å². The Hall–Kier alpha value is -1.43. The lowest BCUT2D eigenvalue weighted by Crippen LogP contribution is -2.36. The van der Waals surface area contributed by atoms with Crippen molar-refractivity contribution in [2.75, 3.05) is 27.3 Å². The number of likely N-dealkylation sites (N-methyl/N-ethyl adjacent to an activating group) is 1. The summed E-state index contributed by atoms with van der Waals surface area (Å²) in [6.07, 6.45) is -0.663.